The molecule has 2 nitrogen and oxygen atoms in total. The van der Waals surface area contributed by atoms with Crippen LogP contribution in [-0.4, -0.2) is 12.0 Å². The molecule has 0 bridgehead atoms. The molecule has 0 radical (unpaired) electrons. The lowest BCUT2D eigenvalue weighted by Crippen LogP contribution is -2.23. The third-order valence-corrected chi connectivity index (χ3v) is 4.46. The molecule has 0 spiro atoms. The Balaban J connectivity index is 1.90. The summed E-state index contributed by atoms with van der Waals surface area (Å²) in [6.07, 6.45) is 5.36. The molecule has 1 N–H and O–H groups in total. The summed E-state index contributed by atoms with van der Waals surface area (Å²) in [7, 11) is 2.05. The van der Waals surface area contributed by atoms with Gasteiger partial charge in [-0.1, -0.05) is 37.3 Å². The number of rotatable bonds is 4. The predicted octanol–water partition coefficient (Wildman–Crippen LogP) is 3.63. The predicted molar refractivity (Wildman–Crippen MR) is 82.9 cm³/mol. The molecule has 104 valence electrons. The van der Waals surface area contributed by atoms with Crippen LogP contribution in [-0.2, 0) is 12.8 Å². The minimum atomic E-state index is 0.358. The van der Waals surface area contributed by atoms with E-state index < -0.39 is 0 Å². The Morgan fingerprint density at radius 3 is 2.75 bits per heavy atom. The maximum Gasteiger partial charge on any atom is 0.0485 e. The van der Waals surface area contributed by atoms with E-state index in [9.17, 15) is 0 Å². The van der Waals surface area contributed by atoms with Gasteiger partial charge in [0, 0.05) is 23.9 Å². The van der Waals surface area contributed by atoms with Crippen molar-refractivity contribution in [3.05, 3.63) is 65.0 Å². The van der Waals surface area contributed by atoms with Crippen molar-refractivity contribution in [2.45, 2.75) is 38.1 Å². The van der Waals surface area contributed by atoms with Crippen molar-refractivity contribution in [2.75, 3.05) is 7.05 Å². The van der Waals surface area contributed by atoms with Crippen molar-refractivity contribution < 1.29 is 0 Å². The van der Waals surface area contributed by atoms with Gasteiger partial charge in [0.2, 0.25) is 0 Å². The van der Waals surface area contributed by atoms with E-state index in [1.807, 2.05) is 12.3 Å². The molecule has 1 aromatic heterocycles. The molecular weight excluding hydrogens is 244 g/mol. The van der Waals surface area contributed by atoms with Gasteiger partial charge >= 0.3 is 0 Å². The molecule has 1 aromatic carbocycles. The first kappa shape index (κ1) is 13.3. The number of likely N-dealkylation sites (N-methyl/N-ethyl adjacent to an activating group) is 1. The van der Waals surface area contributed by atoms with Crippen LogP contribution >= 0.6 is 0 Å². The van der Waals surface area contributed by atoms with Crippen molar-refractivity contribution in [3.63, 3.8) is 0 Å². The van der Waals surface area contributed by atoms with Crippen molar-refractivity contribution in [3.8, 4) is 0 Å². The van der Waals surface area contributed by atoms with Gasteiger partial charge in [-0.2, -0.15) is 0 Å². The summed E-state index contributed by atoms with van der Waals surface area (Å²) >= 11 is 0. The van der Waals surface area contributed by atoms with Crippen LogP contribution in [0.15, 0.2) is 42.6 Å². The molecule has 0 fully saturated rings. The van der Waals surface area contributed by atoms with Gasteiger partial charge in [0.1, 0.15) is 0 Å². The van der Waals surface area contributed by atoms with Crippen molar-refractivity contribution in [1.29, 1.82) is 0 Å². The number of hydrogen-bond donors (Lipinski definition) is 1. The van der Waals surface area contributed by atoms with Gasteiger partial charge in [-0.05, 0) is 49.1 Å². The highest BCUT2D eigenvalue weighted by atomic mass is 14.9. The quantitative estimate of drug-likeness (QED) is 0.914. The minimum Gasteiger partial charge on any atom is -0.312 e. The molecule has 2 heteroatoms. The largest absolute Gasteiger partial charge is 0.312 e. The molecule has 0 amide bonds. The number of nitrogens with zero attached hydrogens (tertiary/aromatic N) is 1. The second kappa shape index (κ2) is 5.76. The van der Waals surface area contributed by atoms with E-state index in [2.05, 4.69) is 54.6 Å². The lowest BCUT2D eigenvalue weighted by atomic mass is 9.90. The van der Waals surface area contributed by atoms with Crippen LogP contribution in [0.3, 0.4) is 0 Å². The summed E-state index contributed by atoms with van der Waals surface area (Å²) in [5.74, 6) is 0.490. The summed E-state index contributed by atoms with van der Waals surface area (Å²) in [5.41, 5.74) is 5.47. The van der Waals surface area contributed by atoms with Gasteiger partial charge < -0.3 is 5.32 Å². The lowest BCUT2D eigenvalue weighted by molar-refractivity contribution is 0.470. The fourth-order valence-electron chi connectivity index (χ4n) is 3.33. The molecule has 2 aromatic rings. The summed E-state index contributed by atoms with van der Waals surface area (Å²) < 4.78 is 0. The summed E-state index contributed by atoms with van der Waals surface area (Å²) in [4.78, 5) is 4.63. The van der Waals surface area contributed by atoms with Gasteiger partial charge in [-0.25, -0.2) is 0 Å². The third kappa shape index (κ3) is 2.36. The highest BCUT2D eigenvalue weighted by molar-refractivity contribution is 5.34. The van der Waals surface area contributed by atoms with Gasteiger partial charge in [-0.15, -0.1) is 0 Å². The number of benzene rings is 1. The Labute approximate surface area is 121 Å². The number of nitrogens with one attached hydrogen (secondary N) is 1. The first-order valence-electron chi connectivity index (χ1n) is 7.53. The zero-order valence-electron chi connectivity index (χ0n) is 12.3. The maximum atomic E-state index is 4.63. The fourth-order valence-corrected chi connectivity index (χ4v) is 3.33. The Bertz CT molecular complexity index is 574. The fraction of sp³-hybridized carbons (Fsp3) is 0.389. The van der Waals surface area contributed by atoms with Crippen molar-refractivity contribution >= 4 is 0 Å². The Morgan fingerprint density at radius 1 is 1.25 bits per heavy atom. The topological polar surface area (TPSA) is 24.9 Å². The lowest BCUT2D eigenvalue weighted by Gasteiger charge is -2.24. The zero-order chi connectivity index (χ0) is 13.9. The van der Waals surface area contributed by atoms with E-state index in [0.29, 0.717) is 12.0 Å². The molecule has 0 saturated carbocycles. The van der Waals surface area contributed by atoms with E-state index in [1.54, 1.807) is 0 Å². The highest BCUT2D eigenvalue weighted by Crippen LogP contribution is 2.40. The van der Waals surface area contributed by atoms with Crippen LogP contribution in [0.1, 0.15) is 47.7 Å². The van der Waals surface area contributed by atoms with Crippen LogP contribution in [0.5, 0.6) is 0 Å². The smallest absolute Gasteiger partial charge is 0.0485 e. The molecule has 0 aliphatic heterocycles. The van der Waals surface area contributed by atoms with E-state index in [4.69, 9.17) is 0 Å². The Kier molecular flexibility index (Phi) is 3.83. The number of pyridine rings is 1. The minimum absolute atomic E-state index is 0.358. The molecule has 3 rings (SSSR count). The Morgan fingerprint density at radius 2 is 2.05 bits per heavy atom. The monoisotopic (exact) mass is 266 g/mol. The van der Waals surface area contributed by atoms with E-state index >= 15 is 0 Å². The van der Waals surface area contributed by atoms with Gasteiger partial charge in [0.05, 0.1) is 0 Å². The first-order chi connectivity index (χ1) is 9.83. The zero-order valence-corrected chi connectivity index (χ0v) is 12.3. The number of aryl methyl sites for hydroxylation is 2. The number of hydrogen-bond acceptors (Lipinski definition) is 2. The van der Waals surface area contributed by atoms with E-state index in [0.717, 1.165) is 12.8 Å². The molecule has 20 heavy (non-hydrogen) atoms. The van der Waals surface area contributed by atoms with Crippen molar-refractivity contribution in [2.24, 2.45) is 0 Å². The van der Waals surface area contributed by atoms with Gasteiger partial charge in [0.25, 0.3) is 0 Å². The molecule has 2 atom stereocenters. The standard InChI is InChI=1S/C18H22N2/c1-3-13-6-8-15(9-7-13)17(19-2)16-11-10-14-5-4-12-20-18(14)16/h4-9,12,16-17,19H,3,10-11H2,1-2H3. The van der Waals surface area contributed by atoms with Crippen LogP contribution < -0.4 is 5.32 Å². The van der Waals surface area contributed by atoms with Crippen LogP contribution in [0.4, 0.5) is 0 Å². The highest BCUT2D eigenvalue weighted by Gasteiger charge is 2.30. The van der Waals surface area contributed by atoms with Crippen LogP contribution in [0.25, 0.3) is 0 Å². The molecular formula is C18H22N2. The summed E-state index contributed by atoms with van der Waals surface area (Å²) in [6.45, 7) is 2.20. The molecule has 1 aliphatic carbocycles. The number of fused-ring (bicyclic) bond motifs is 1. The molecule has 1 heterocycles. The van der Waals surface area contributed by atoms with E-state index in [-0.39, 0.29) is 0 Å². The summed E-state index contributed by atoms with van der Waals surface area (Å²) in [5, 5.41) is 3.50. The molecule has 2 unspecified atom stereocenters. The summed E-state index contributed by atoms with van der Waals surface area (Å²) in [6, 6.07) is 13.6. The van der Waals surface area contributed by atoms with Crippen molar-refractivity contribution in [1.82, 2.24) is 10.3 Å². The van der Waals surface area contributed by atoms with Gasteiger partial charge in [-0.3, -0.25) is 4.98 Å². The number of aromatic nitrogens is 1. The van der Waals surface area contributed by atoms with Crippen LogP contribution in [0.2, 0.25) is 0 Å². The van der Waals surface area contributed by atoms with Crippen LogP contribution in [0, 0.1) is 0 Å². The maximum absolute atomic E-state index is 4.63. The second-order valence-corrected chi connectivity index (χ2v) is 5.55. The molecule has 0 saturated heterocycles. The van der Waals surface area contributed by atoms with E-state index in [1.165, 1.54) is 28.8 Å². The SMILES string of the molecule is CCc1ccc(C(NC)C2CCc3cccnc32)cc1. The van der Waals surface area contributed by atoms with Gasteiger partial charge in [0.15, 0.2) is 0 Å². The Hall–Kier alpha value is -1.67. The third-order valence-electron chi connectivity index (χ3n) is 4.46. The molecule has 1 aliphatic rings. The normalized spacial score (nSPS) is 18.8. The average molecular weight is 266 g/mol. The second-order valence-electron chi connectivity index (χ2n) is 5.55. The average Bonchev–Trinajstić information content (AvgIpc) is 2.93. The first-order valence-corrected chi connectivity index (χ1v) is 7.53.